The van der Waals surface area contributed by atoms with Crippen LogP contribution in [0.25, 0.3) is 0 Å². The van der Waals surface area contributed by atoms with E-state index in [-0.39, 0.29) is 11.4 Å². The number of hydrogen-bond acceptors (Lipinski definition) is 2. The zero-order valence-electron chi connectivity index (χ0n) is 5.69. The van der Waals surface area contributed by atoms with Crippen molar-refractivity contribution in [3.8, 4) is 0 Å². The summed E-state index contributed by atoms with van der Waals surface area (Å²) in [5.41, 5.74) is 5.27. The minimum Gasteiger partial charge on any atom is -0.383 e. The molecule has 1 aromatic heterocycles. The van der Waals surface area contributed by atoms with Gasteiger partial charge in [-0.15, -0.1) is 0 Å². The maximum Gasteiger partial charge on any atom is 0.266 e. The summed E-state index contributed by atoms with van der Waals surface area (Å²) >= 11 is 4.88. The summed E-state index contributed by atoms with van der Waals surface area (Å²) in [7, 11) is 0. The number of rotatable bonds is 1. The molecule has 0 amide bonds. The van der Waals surface area contributed by atoms with Gasteiger partial charge in [0.1, 0.15) is 5.82 Å². The molecule has 0 unspecified atom stereocenters. The van der Waals surface area contributed by atoms with Crippen molar-refractivity contribution in [3.05, 3.63) is 19.8 Å². The summed E-state index contributed by atoms with van der Waals surface area (Å²) in [6.07, 6.45) is -1.45. The standard InChI is InChI=1S/C6H4BrF2IN2/c7-3-2(5(8)9)1-12-6(11)4(3)10/h1,5H,(H2,11,12). The Morgan fingerprint density at radius 1 is 1.58 bits per heavy atom. The molecule has 2 N–H and O–H groups in total. The second-order valence-corrected chi connectivity index (χ2v) is 3.90. The molecule has 12 heavy (non-hydrogen) atoms. The Hall–Kier alpha value is 0.0200. The Labute approximate surface area is 89.8 Å². The van der Waals surface area contributed by atoms with Gasteiger partial charge in [0.05, 0.1) is 9.13 Å². The van der Waals surface area contributed by atoms with Gasteiger partial charge >= 0.3 is 0 Å². The number of aromatic nitrogens is 1. The quantitative estimate of drug-likeness (QED) is 0.792. The van der Waals surface area contributed by atoms with Gasteiger partial charge in [-0.3, -0.25) is 0 Å². The highest BCUT2D eigenvalue weighted by atomic mass is 127. The van der Waals surface area contributed by atoms with Gasteiger partial charge in [0.2, 0.25) is 0 Å². The fourth-order valence-electron chi connectivity index (χ4n) is 0.644. The lowest BCUT2D eigenvalue weighted by atomic mass is 10.3. The van der Waals surface area contributed by atoms with Crippen LogP contribution < -0.4 is 5.73 Å². The Morgan fingerprint density at radius 2 is 2.17 bits per heavy atom. The number of nitrogen functional groups attached to an aromatic ring is 1. The summed E-state index contributed by atoms with van der Waals surface area (Å²) in [5.74, 6) is 0.256. The molecule has 1 aromatic rings. The Kier molecular flexibility index (Phi) is 3.22. The number of hydrogen-bond donors (Lipinski definition) is 1. The van der Waals surface area contributed by atoms with E-state index in [9.17, 15) is 8.78 Å². The molecule has 1 rings (SSSR count). The normalized spacial score (nSPS) is 10.8. The fourth-order valence-corrected chi connectivity index (χ4v) is 1.57. The maximum atomic E-state index is 12.2. The first-order valence-electron chi connectivity index (χ1n) is 2.91. The largest absolute Gasteiger partial charge is 0.383 e. The molecule has 0 atom stereocenters. The van der Waals surface area contributed by atoms with Crippen LogP contribution in [0.4, 0.5) is 14.6 Å². The first-order valence-corrected chi connectivity index (χ1v) is 4.78. The fraction of sp³-hybridized carbons (Fsp3) is 0.167. The predicted molar refractivity (Wildman–Crippen MR) is 54.0 cm³/mol. The minimum atomic E-state index is -2.53. The topological polar surface area (TPSA) is 38.9 Å². The highest BCUT2D eigenvalue weighted by Gasteiger charge is 2.15. The van der Waals surface area contributed by atoms with Crippen molar-refractivity contribution in [2.45, 2.75) is 6.43 Å². The van der Waals surface area contributed by atoms with E-state index in [1.54, 1.807) is 0 Å². The second kappa shape index (κ2) is 3.82. The van der Waals surface area contributed by atoms with E-state index in [0.717, 1.165) is 6.20 Å². The first-order chi connectivity index (χ1) is 5.54. The van der Waals surface area contributed by atoms with E-state index in [1.807, 2.05) is 22.6 Å². The SMILES string of the molecule is Nc1ncc(C(F)F)c(Br)c1I. The van der Waals surface area contributed by atoms with Crippen molar-refractivity contribution >= 4 is 44.3 Å². The lowest BCUT2D eigenvalue weighted by Crippen LogP contribution is -1.98. The van der Waals surface area contributed by atoms with Gasteiger partial charge in [-0.2, -0.15) is 0 Å². The van der Waals surface area contributed by atoms with Crippen molar-refractivity contribution in [1.82, 2.24) is 4.98 Å². The van der Waals surface area contributed by atoms with Gasteiger partial charge in [0.15, 0.2) is 0 Å². The summed E-state index contributed by atoms with van der Waals surface area (Å²) in [6, 6.07) is 0. The molecule has 2 nitrogen and oxygen atoms in total. The van der Waals surface area contributed by atoms with Gasteiger partial charge in [0, 0.05) is 10.7 Å². The molecule has 0 saturated carbocycles. The molecule has 0 fully saturated rings. The molecule has 0 bridgehead atoms. The molecular weight excluding hydrogens is 345 g/mol. The Balaban J connectivity index is 3.27. The van der Waals surface area contributed by atoms with Crippen molar-refractivity contribution in [1.29, 1.82) is 0 Å². The molecule has 0 aliphatic carbocycles. The summed E-state index contributed by atoms with van der Waals surface area (Å²) in [6.45, 7) is 0. The lowest BCUT2D eigenvalue weighted by molar-refractivity contribution is 0.150. The number of halogens is 4. The van der Waals surface area contributed by atoms with Crippen LogP contribution >= 0.6 is 38.5 Å². The third-order valence-corrected chi connectivity index (χ3v) is 3.94. The first kappa shape index (κ1) is 10.1. The average Bonchev–Trinajstić information content (AvgIpc) is 2.00. The molecule has 1 heterocycles. The van der Waals surface area contributed by atoms with Crippen molar-refractivity contribution in [2.24, 2.45) is 0 Å². The molecule has 0 aliphatic rings. The van der Waals surface area contributed by atoms with Gasteiger partial charge in [-0.1, -0.05) is 0 Å². The van der Waals surface area contributed by atoms with E-state index in [1.165, 1.54) is 0 Å². The third kappa shape index (κ3) is 1.85. The molecule has 0 radical (unpaired) electrons. The summed E-state index contributed by atoms with van der Waals surface area (Å²) in [5, 5.41) is 0. The Bertz CT molecular complexity index is 306. The lowest BCUT2D eigenvalue weighted by Gasteiger charge is -2.05. The van der Waals surface area contributed by atoms with Gasteiger partial charge in [-0.25, -0.2) is 13.8 Å². The van der Waals surface area contributed by atoms with Crippen LogP contribution in [-0.2, 0) is 0 Å². The highest BCUT2D eigenvalue weighted by Crippen LogP contribution is 2.32. The number of pyridine rings is 1. The molecule has 0 aliphatic heterocycles. The minimum absolute atomic E-state index is 0.131. The van der Waals surface area contributed by atoms with Crippen molar-refractivity contribution < 1.29 is 8.78 Å². The van der Waals surface area contributed by atoms with E-state index >= 15 is 0 Å². The van der Waals surface area contributed by atoms with Gasteiger partial charge in [-0.05, 0) is 38.5 Å². The van der Waals surface area contributed by atoms with Crippen LogP contribution in [0.2, 0.25) is 0 Å². The Morgan fingerprint density at radius 3 is 2.67 bits per heavy atom. The van der Waals surface area contributed by atoms with Gasteiger partial charge < -0.3 is 5.73 Å². The molecule has 6 heteroatoms. The molecule has 0 spiro atoms. The van der Waals surface area contributed by atoms with Crippen LogP contribution in [0, 0.1) is 3.57 Å². The predicted octanol–water partition coefficient (Wildman–Crippen LogP) is 2.97. The maximum absolute atomic E-state index is 12.2. The number of alkyl halides is 2. The smallest absolute Gasteiger partial charge is 0.266 e. The average molecular weight is 349 g/mol. The zero-order chi connectivity index (χ0) is 9.30. The van der Waals surface area contributed by atoms with Crippen LogP contribution in [0.1, 0.15) is 12.0 Å². The van der Waals surface area contributed by atoms with E-state index in [0.29, 0.717) is 8.04 Å². The van der Waals surface area contributed by atoms with Crippen molar-refractivity contribution in [2.75, 3.05) is 5.73 Å². The summed E-state index contributed by atoms with van der Waals surface area (Å²) in [4.78, 5) is 3.62. The van der Waals surface area contributed by atoms with Crippen LogP contribution in [0.5, 0.6) is 0 Å². The molecule has 0 saturated heterocycles. The van der Waals surface area contributed by atoms with Crippen LogP contribution in [0.15, 0.2) is 10.7 Å². The monoisotopic (exact) mass is 348 g/mol. The summed E-state index contributed by atoms with van der Waals surface area (Å²) < 4.78 is 25.3. The third-order valence-electron chi connectivity index (χ3n) is 1.25. The number of nitrogens with zero attached hydrogens (tertiary/aromatic N) is 1. The van der Waals surface area contributed by atoms with E-state index < -0.39 is 6.43 Å². The zero-order valence-corrected chi connectivity index (χ0v) is 9.43. The molecule has 0 aromatic carbocycles. The van der Waals surface area contributed by atoms with Gasteiger partial charge in [0.25, 0.3) is 6.43 Å². The molecular formula is C6H4BrF2IN2. The van der Waals surface area contributed by atoms with Crippen LogP contribution in [0.3, 0.4) is 0 Å². The van der Waals surface area contributed by atoms with E-state index in [4.69, 9.17) is 5.73 Å². The van der Waals surface area contributed by atoms with Crippen molar-refractivity contribution in [3.63, 3.8) is 0 Å². The number of nitrogens with two attached hydrogens (primary N) is 1. The van der Waals surface area contributed by atoms with E-state index in [2.05, 4.69) is 20.9 Å². The highest BCUT2D eigenvalue weighted by molar-refractivity contribution is 14.1. The van der Waals surface area contributed by atoms with Crippen LogP contribution in [-0.4, -0.2) is 4.98 Å². The number of anilines is 1. The second-order valence-electron chi connectivity index (χ2n) is 2.03. The molecule has 66 valence electrons.